The molecule has 2 aromatic heterocycles. The van der Waals surface area contributed by atoms with Crippen molar-refractivity contribution in [1.29, 1.82) is 0 Å². The number of hydrogen-bond acceptors (Lipinski definition) is 8. The van der Waals surface area contributed by atoms with Crippen molar-refractivity contribution in [2.24, 2.45) is 5.92 Å². The van der Waals surface area contributed by atoms with Gasteiger partial charge < -0.3 is 4.74 Å². The maximum absolute atomic E-state index is 13.9. The molecular formula is C26H34N4O4S3. The van der Waals surface area contributed by atoms with Crippen LogP contribution in [-0.4, -0.2) is 81.0 Å². The fourth-order valence-corrected chi connectivity index (χ4v) is 8.65. The second-order valence-electron chi connectivity index (χ2n) is 9.81. The molecule has 2 saturated heterocycles. The minimum Gasteiger partial charge on any atom is -0.379 e. The van der Waals surface area contributed by atoms with E-state index < -0.39 is 10.0 Å². The zero-order valence-corrected chi connectivity index (χ0v) is 23.8. The highest BCUT2D eigenvalue weighted by atomic mass is 32.2. The number of morpholine rings is 1. The van der Waals surface area contributed by atoms with Gasteiger partial charge in [-0.3, -0.25) is 14.6 Å². The van der Waals surface area contributed by atoms with Gasteiger partial charge in [0.25, 0.3) is 10.0 Å². The molecule has 0 saturated carbocycles. The number of carbonyl (C=O) groups is 1. The van der Waals surface area contributed by atoms with Crippen LogP contribution in [0.4, 0.5) is 5.13 Å². The van der Waals surface area contributed by atoms with E-state index in [9.17, 15) is 13.2 Å². The molecule has 0 unspecified atom stereocenters. The van der Waals surface area contributed by atoms with Gasteiger partial charge in [-0.15, -0.1) is 11.3 Å². The number of piperidine rings is 1. The van der Waals surface area contributed by atoms with Crippen LogP contribution in [0.2, 0.25) is 0 Å². The number of aryl methyl sites for hydroxylation is 2. The van der Waals surface area contributed by atoms with Crippen molar-refractivity contribution in [3.8, 4) is 0 Å². The van der Waals surface area contributed by atoms with Crippen LogP contribution in [-0.2, 0) is 19.6 Å². The average molecular weight is 563 g/mol. The maximum atomic E-state index is 13.9. The summed E-state index contributed by atoms with van der Waals surface area (Å²) in [6, 6.07) is 7.64. The van der Waals surface area contributed by atoms with Crippen LogP contribution in [0, 0.1) is 19.8 Å². The monoisotopic (exact) mass is 562 g/mol. The molecule has 5 rings (SSSR count). The van der Waals surface area contributed by atoms with E-state index in [1.165, 1.54) is 26.8 Å². The number of aromatic nitrogens is 1. The molecule has 0 N–H and O–H groups in total. The largest absolute Gasteiger partial charge is 0.379 e. The van der Waals surface area contributed by atoms with Gasteiger partial charge in [-0.2, -0.15) is 4.31 Å². The molecule has 2 aliphatic heterocycles. The zero-order valence-electron chi connectivity index (χ0n) is 21.4. The number of benzene rings is 1. The predicted molar refractivity (Wildman–Crippen MR) is 149 cm³/mol. The molecule has 0 aliphatic carbocycles. The van der Waals surface area contributed by atoms with Crippen LogP contribution >= 0.6 is 22.7 Å². The lowest BCUT2D eigenvalue weighted by Gasteiger charge is -2.33. The molecule has 11 heteroatoms. The molecule has 37 heavy (non-hydrogen) atoms. The van der Waals surface area contributed by atoms with Gasteiger partial charge >= 0.3 is 0 Å². The Morgan fingerprint density at radius 2 is 1.86 bits per heavy atom. The fraction of sp³-hybridized carbons (Fsp3) is 0.538. The Morgan fingerprint density at radius 1 is 1.14 bits per heavy atom. The number of thiazole rings is 1. The SMILES string of the molecule is Cc1cc2nc(N(CCCN3CCOCC3)C(=O)C3CCN(S(=O)(=O)c4cccs4)CC3)sc2cc1C. The molecule has 0 spiro atoms. The van der Waals surface area contributed by atoms with Gasteiger partial charge in [0, 0.05) is 45.2 Å². The molecule has 4 heterocycles. The highest BCUT2D eigenvalue weighted by Crippen LogP contribution is 2.33. The van der Waals surface area contributed by atoms with Crippen LogP contribution in [0.25, 0.3) is 10.2 Å². The van der Waals surface area contributed by atoms with Gasteiger partial charge in [0.1, 0.15) is 4.21 Å². The first-order valence-corrected chi connectivity index (χ1v) is 16.0. The summed E-state index contributed by atoms with van der Waals surface area (Å²) in [4.78, 5) is 23.0. The number of ether oxygens (including phenoxy) is 1. The van der Waals surface area contributed by atoms with Crippen molar-refractivity contribution in [2.45, 2.75) is 37.3 Å². The maximum Gasteiger partial charge on any atom is 0.252 e. The minimum atomic E-state index is -3.49. The quantitative estimate of drug-likeness (QED) is 0.411. The van der Waals surface area contributed by atoms with E-state index in [0.29, 0.717) is 36.7 Å². The number of fused-ring (bicyclic) bond motifs is 1. The topological polar surface area (TPSA) is 83.1 Å². The number of thiophene rings is 1. The van der Waals surface area contributed by atoms with E-state index in [1.54, 1.807) is 28.8 Å². The number of rotatable bonds is 8. The van der Waals surface area contributed by atoms with E-state index in [1.807, 2.05) is 4.90 Å². The Hall–Kier alpha value is -1.89. The molecule has 0 atom stereocenters. The Balaban J connectivity index is 1.31. The Bertz CT molecular complexity index is 1290. The number of carbonyl (C=O) groups excluding carboxylic acids is 1. The predicted octanol–water partition coefficient (Wildman–Crippen LogP) is 4.13. The van der Waals surface area contributed by atoms with Crippen molar-refractivity contribution in [3.05, 3.63) is 40.8 Å². The molecular weight excluding hydrogens is 529 g/mol. The van der Waals surface area contributed by atoms with E-state index in [0.717, 1.165) is 54.6 Å². The van der Waals surface area contributed by atoms with Gasteiger partial charge in [0.05, 0.1) is 23.4 Å². The molecule has 1 amide bonds. The summed E-state index contributed by atoms with van der Waals surface area (Å²) in [5.74, 6) is -0.156. The molecule has 1 aromatic carbocycles. The smallest absolute Gasteiger partial charge is 0.252 e. The van der Waals surface area contributed by atoms with E-state index in [4.69, 9.17) is 9.72 Å². The number of sulfonamides is 1. The van der Waals surface area contributed by atoms with Gasteiger partial charge in [-0.05, 0) is 67.8 Å². The van der Waals surface area contributed by atoms with Gasteiger partial charge in [0.15, 0.2) is 5.13 Å². The van der Waals surface area contributed by atoms with Crippen LogP contribution in [0.15, 0.2) is 33.9 Å². The molecule has 200 valence electrons. The summed E-state index contributed by atoms with van der Waals surface area (Å²) in [7, 11) is -3.49. The first kappa shape index (κ1) is 26.7. The standard InChI is InChI=1S/C26H34N4O4S3/c1-19-17-22-23(18-20(19)2)36-26(27-22)30(9-4-8-28-12-14-34-15-13-28)25(31)21-6-10-29(11-7-21)37(32,33)24-5-3-16-35-24/h3,5,16-18,21H,4,6-15H2,1-2H3. The van der Waals surface area contributed by atoms with Crippen LogP contribution in [0.1, 0.15) is 30.4 Å². The number of nitrogens with zero attached hydrogens (tertiary/aromatic N) is 4. The van der Waals surface area contributed by atoms with Crippen LogP contribution in [0.5, 0.6) is 0 Å². The van der Waals surface area contributed by atoms with Crippen molar-refractivity contribution < 1.29 is 17.9 Å². The van der Waals surface area contributed by atoms with Gasteiger partial charge in [0.2, 0.25) is 5.91 Å². The Morgan fingerprint density at radius 3 is 2.57 bits per heavy atom. The number of amides is 1. The fourth-order valence-electron chi connectivity index (χ4n) is 4.96. The Kier molecular flexibility index (Phi) is 8.28. The summed E-state index contributed by atoms with van der Waals surface area (Å²) in [6.07, 6.45) is 1.89. The highest BCUT2D eigenvalue weighted by Gasteiger charge is 2.35. The molecule has 0 radical (unpaired) electrons. The lowest BCUT2D eigenvalue weighted by atomic mass is 9.96. The number of anilines is 1. The minimum absolute atomic E-state index is 0.0580. The van der Waals surface area contributed by atoms with Crippen molar-refractivity contribution >= 4 is 54.0 Å². The highest BCUT2D eigenvalue weighted by molar-refractivity contribution is 7.91. The average Bonchev–Trinajstić information content (AvgIpc) is 3.58. The van der Waals surface area contributed by atoms with Crippen molar-refractivity contribution in [1.82, 2.24) is 14.2 Å². The third-order valence-electron chi connectivity index (χ3n) is 7.34. The summed E-state index contributed by atoms with van der Waals surface area (Å²) < 4.78 is 34.3. The van der Waals surface area contributed by atoms with E-state index in [2.05, 4.69) is 30.9 Å². The lowest BCUT2D eigenvalue weighted by molar-refractivity contribution is -0.123. The normalized spacial score (nSPS) is 18.4. The molecule has 0 bridgehead atoms. The second-order valence-corrected chi connectivity index (χ2v) is 13.9. The van der Waals surface area contributed by atoms with Crippen LogP contribution < -0.4 is 4.90 Å². The lowest BCUT2D eigenvalue weighted by Crippen LogP contribution is -2.45. The zero-order chi connectivity index (χ0) is 26.0. The first-order chi connectivity index (χ1) is 17.8. The summed E-state index contributed by atoms with van der Waals surface area (Å²) in [5, 5.41) is 2.51. The summed E-state index contributed by atoms with van der Waals surface area (Å²) in [5.41, 5.74) is 3.33. The van der Waals surface area contributed by atoms with Crippen molar-refractivity contribution in [2.75, 3.05) is 57.4 Å². The summed E-state index contributed by atoms with van der Waals surface area (Å²) in [6.45, 7) is 9.75. The first-order valence-electron chi connectivity index (χ1n) is 12.9. The molecule has 3 aromatic rings. The molecule has 2 fully saturated rings. The van der Waals surface area contributed by atoms with Gasteiger partial charge in [-0.1, -0.05) is 17.4 Å². The Labute approximate surface area is 226 Å². The molecule has 8 nitrogen and oxygen atoms in total. The second kappa shape index (κ2) is 11.5. The van der Waals surface area contributed by atoms with Crippen molar-refractivity contribution in [3.63, 3.8) is 0 Å². The van der Waals surface area contributed by atoms with E-state index in [-0.39, 0.29) is 11.8 Å². The van der Waals surface area contributed by atoms with Crippen LogP contribution in [0.3, 0.4) is 0 Å². The summed E-state index contributed by atoms with van der Waals surface area (Å²) >= 11 is 2.80. The number of hydrogen-bond donors (Lipinski definition) is 0. The third-order valence-corrected chi connectivity index (χ3v) is 11.7. The van der Waals surface area contributed by atoms with E-state index >= 15 is 0 Å². The third kappa shape index (κ3) is 5.91. The molecule has 2 aliphatic rings. The van der Waals surface area contributed by atoms with Gasteiger partial charge in [-0.25, -0.2) is 13.4 Å².